The third kappa shape index (κ3) is 3.65. The highest BCUT2D eigenvalue weighted by atomic mass is 32.1. The molecule has 3 aromatic rings. The second-order valence-corrected chi connectivity index (χ2v) is 6.03. The van der Waals surface area contributed by atoms with Crippen LogP contribution >= 0.6 is 11.3 Å². The summed E-state index contributed by atoms with van der Waals surface area (Å²) in [6, 6.07) is 10.4. The minimum absolute atomic E-state index is 0.223. The summed E-state index contributed by atoms with van der Waals surface area (Å²) in [5.41, 5.74) is 2.20. The molecule has 0 aliphatic heterocycles. The molecule has 0 spiro atoms. The van der Waals surface area contributed by atoms with Gasteiger partial charge in [0.25, 0.3) is 0 Å². The highest BCUT2D eigenvalue weighted by molar-refractivity contribution is 7.15. The third-order valence-corrected chi connectivity index (χ3v) is 4.26. The van der Waals surface area contributed by atoms with E-state index in [-0.39, 0.29) is 5.82 Å². The molecule has 0 aliphatic rings. The SMILES string of the molecule is CN(Cc1ccncc1)c1nnc(Cc2ccc(F)cc2)s1. The highest BCUT2D eigenvalue weighted by Gasteiger charge is 2.10. The van der Waals surface area contributed by atoms with Crippen molar-refractivity contribution in [3.63, 3.8) is 0 Å². The molecule has 2 heterocycles. The van der Waals surface area contributed by atoms with Crippen molar-refractivity contribution < 1.29 is 4.39 Å². The number of aromatic nitrogens is 3. The molecule has 0 fully saturated rings. The molecule has 3 rings (SSSR count). The summed E-state index contributed by atoms with van der Waals surface area (Å²) in [4.78, 5) is 6.07. The van der Waals surface area contributed by atoms with Gasteiger partial charge in [0.15, 0.2) is 0 Å². The lowest BCUT2D eigenvalue weighted by molar-refractivity contribution is 0.627. The summed E-state index contributed by atoms with van der Waals surface area (Å²) in [5, 5.41) is 10.2. The molecule has 0 bridgehead atoms. The first-order valence-corrected chi connectivity index (χ1v) is 7.69. The van der Waals surface area contributed by atoms with Crippen LogP contribution in [0.2, 0.25) is 0 Å². The van der Waals surface area contributed by atoms with Gasteiger partial charge in [-0.2, -0.15) is 0 Å². The predicted octanol–water partition coefficient (Wildman–Crippen LogP) is 3.30. The lowest BCUT2D eigenvalue weighted by Crippen LogP contribution is -2.16. The van der Waals surface area contributed by atoms with Gasteiger partial charge in [-0.3, -0.25) is 4.98 Å². The fourth-order valence-electron chi connectivity index (χ4n) is 2.08. The van der Waals surface area contributed by atoms with Crippen LogP contribution in [0.3, 0.4) is 0 Å². The summed E-state index contributed by atoms with van der Waals surface area (Å²) in [5.74, 6) is -0.223. The van der Waals surface area contributed by atoms with Gasteiger partial charge < -0.3 is 4.90 Å². The maximum Gasteiger partial charge on any atom is 0.208 e. The van der Waals surface area contributed by atoms with Crippen molar-refractivity contribution in [2.45, 2.75) is 13.0 Å². The summed E-state index contributed by atoms with van der Waals surface area (Å²) < 4.78 is 12.9. The van der Waals surface area contributed by atoms with Crippen LogP contribution in [0.25, 0.3) is 0 Å². The minimum Gasteiger partial charge on any atom is -0.345 e. The number of pyridine rings is 1. The molecule has 0 unspecified atom stereocenters. The summed E-state index contributed by atoms with van der Waals surface area (Å²) in [7, 11) is 1.99. The van der Waals surface area contributed by atoms with Gasteiger partial charge in [0, 0.05) is 32.4 Å². The Morgan fingerprint density at radius 2 is 1.73 bits per heavy atom. The van der Waals surface area contributed by atoms with E-state index in [1.54, 1.807) is 35.9 Å². The van der Waals surface area contributed by atoms with Gasteiger partial charge in [0.05, 0.1) is 0 Å². The molecule has 2 aromatic heterocycles. The first kappa shape index (κ1) is 14.6. The molecule has 112 valence electrons. The Morgan fingerprint density at radius 3 is 2.45 bits per heavy atom. The van der Waals surface area contributed by atoms with Crippen molar-refractivity contribution in [3.05, 3.63) is 70.7 Å². The van der Waals surface area contributed by atoms with Crippen LogP contribution in [0, 0.1) is 5.82 Å². The number of hydrogen-bond acceptors (Lipinski definition) is 5. The zero-order valence-electron chi connectivity index (χ0n) is 12.1. The Hall–Kier alpha value is -2.34. The van der Waals surface area contributed by atoms with Gasteiger partial charge in [-0.05, 0) is 35.4 Å². The molecule has 0 amide bonds. The van der Waals surface area contributed by atoms with E-state index in [1.165, 1.54) is 17.7 Å². The van der Waals surface area contributed by atoms with Crippen molar-refractivity contribution >= 4 is 16.5 Å². The summed E-state index contributed by atoms with van der Waals surface area (Å²) >= 11 is 1.55. The average Bonchev–Trinajstić information content (AvgIpc) is 2.99. The second kappa shape index (κ2) is 6.62. The number of anilines is 1. The molecule has 0 aliphatic carbocycles. The van der Waals surface area contributed by atoms with Gasteiger partial charge in [0.2, 0.25) is 5.13 Å². The Kier molecular flexibility index (Phi) is 4.39. The number of benzene rings is 1. The van der Waals surface area contributed by atoms with E-state index in [2.05, 4.69) is 20.1 Å². The Morgan fingerprint density at radius 1 is 1.00 bits per heavy atom. The van der Waals surface area contributed by atoms with Crippen LogP contribution < -0.4 is 4.90 Å². The Balaban J connectivity index is 1.66. The monoisotopic (exact) mass is 314 g/mol. The van der Waals surface area contributed by atoms with E-state index in [0.29, 0.717) is 6.42 Å². The van der Waals surface area contributed by atoms with Crippen LogP contribution in [0.4, 0.5) is 9.52 Å². The lowest BCUT2D eigenvalue weighted by atomic mass is 10.2. The minimum atomic E-state index is -0.223. The first-order chi connectivity index (χ1) is 10.7. The summed E-state index contributed by atoms with van der Waals surface area (Å²) in [6.45, 7) is 0.758. The molecule has 0 saturated carbocycles. The van der Waals surface area contributed by atoms with Gasteiger partial charge >= 0.3 is 0 Å². The van der Waals surface area contributed by atoms with Crippen LogP contribution in [0.15, 0.2) is 48.8 Å². The van der Waals surface area contributed by atoms with Crippen LogP contribution in [-0.2, 0) is 13.0 Å². The van der Waals surface area contributed by atoms with Gasteiger partial charge in [0.1, 0.15) is 10.8 Å². The number of hydrogen-bond donors (Lipinski definition) is 0. The molecule has 0 saturated heterocycles. The first-order valence-electron chi connectivity index (χ1n) is 6.87. The zero-order valence-corrected chi connectivity index (χ0v) is 12.9. The van der Waals surface area contributed by atoms with Gasteiger partial charge in [-0.25, -0.2) is 4.39 Å². The molecule has 4 nitrogen and oxygen atoms in total. The molecule has 0 N–H and O–H groups in total. The standard InChI is InChI=1S/C16H15FN4S/c1-21(11-13-6-8-18-9-7-13)16-20-19-15(22-16)10-12-2-4-14(17)5-3-12/h2-9H,10-11H2,1H3. The van der Waals surface area contributed by atoms with Crippen molar-refractivity contribution in [1.29, 1.82) is 0 Å². The fraction of sp³-hybridized carbons (Fsp3) is 0.188. The summed E-state index contributed by atoms with van der Waals surface area (Å²) in [6.07, 6.45) is 4.23. The lowest BCUT2D eigenvalue weighted by Gasteiger charge is -2.14. The van der Waals surface area contributed by atoms with Crippen molar-refractivity contribution in [2.75, 3.05) is 11.9 Å². The van der Waals surface area contributed by atoms with E-state index < -0.39 is 0 Å². The molecule has 22 heavy (non-hydrogen) atoms. The number of rotatable bonds is 5. The van der Waals surface area contributed by atoms with E-state index >= 15 is 0 Å². The number of halogens is 1. The highest BCUT2D eigenvalue weighted by Crippen LogP contribution is 2.22. The maximum absolute atomic E-state index is 12.9. The largest absolute Gasteiger partial charge is 0.345 e. The van der Waals surface area contributed by atoms with Gasteiger partial charge in [-0.1, -0.05) is 23.5 Å². The zero-order chi connectivity index (χ0) is 15.4. The molecule has 1 aromatic carbocycles. The fourth-order valence-corrected chi connectivity index (χ4v) is 2.91. The van der Waals surface area contributed by atoms with E-state index in [0.717, 1.165) is 22.2 Å². The van der Waals surface area contributed by atoms with E-state index in [1.807, 2.05) is 19.2 Å². The molecule has 0 atom stereocenters. The predicted molar refractivity (Wildman–Crippen MR) is 85.5 cm³/mol. The molecular formula is C16H15FN4S. The topological polar surface area (TPSA) is 41.9 Å². The van der Waals surface area contributed by atoms with E-state index in [9.17, 15) is 4.39 Å². The quantitative estimate of drug-likeness (QED) is 0.724. The Labute approximate surface area is 132 Å². The van der Waals surface area contributed by atoms with Crippen molar-refractivity contribution in [3.8, 4) is 0 Å². The van der Waals surface area contributed by atoms with Crippen LogP contribution in [0.5, 0.6) is 0 Å². The smallest absolute Gasteiger partial charge is 0.208 e. The van der Waals surface area contributed by atoms with Crippen LogP contribution in [-0.4, -0.2) is 22.2 Å². The molecule has 0 radical (unpaired) electrons. The maximum atomic E-state index is 12.9. The van der Waals surface area contributed by atoms with Crippen molar-refractivity contribution in [2.24, 2.45) is 0 Å². The van der Waals surface area contributed by atoms with Crippen LogP contribution in [0.1, 0.15) is 16.1 Å². The van der Waals surface area contributed by atoms with Crippen molar-refractivity contribution in [1.82, 2.24) is 15.2 Å². The molecule has 6 heteroatoms. The average molecular weight is 314 g/mol. The normalized spacial score (nSPS) is 10.6. The van der Waals surface area contributed by atoms with E-state index in [4.69, 9.17) is 0 Å². The number of nitrogens with zero attached hydrogens (tertiary/aromatic N) is 4. The third-order valence-electron chi connectivity index (χ3n) is 3.22. The van der Waals surface area contributed by atoms with Gasteiger partial charge in [-0.15, -0.1) is 10.2 Å². The Bertz CT molecular complexity index is 727. The molecular weight excluding hydrogens is 299 g/mol. The second-order valence-electron chi connectivity index (χ2n) is 4.99.